The first-order valence-electron chi connectivity index (χ1n) is 8.74. The van der Waals surface area contributed by atoms with E-state index in [-0.39, 0.29) is 0 Å². The van der Waals surface area contributed by atoms with Gasteiger partial charge in [0.2, 0.25) is 0 Å². The van der Waals surface area contributed by atoms with Crippen LogP contribution in [0.5, 0.6) is 0 Å². The molecule has 0 aliphatic carbocycles. The lowest BCUT2D eigenvalue weighted by Crippen LogP contribution is -1.83. The second-order valence-electron chi connectivity index (χ2n) is 6.50. The summed E-state index contributed by atoms with van der Waals surface area (Å²) in [6.45, 7) is 0. The molecule has 6 rings (SSSR count). The molecule has 0 saturated carbocycles. The molecule has 3 heterocycles. The van der Waals surface area contributed by atoms with Gasteiger partial charge in [0.25, 0.3) is 0 Å². The Bertz CT molecular complexity index is 1400. The molecular formula is C23H13N2O2. The molecule has 127 valence electrons. The molecule has 0 bridgehead atoms. The van der Waals surface area contributed by atoms with Gasteiger partial charge in [-0.1, -0.05) is 48.5 Å². The third-order valence-corrected chi connectivity index (χ3v) is 4.91. The van der Waals surface area contributed by atoms with Crippen molar-refractivity contribution in [3.8, 4) is 22.7 Å². The topological polar surface area (TPSA) is 55.0 Å². The van der Waals surface area contributed by atoms with Crippen LogP contribution in [0, 0.1) is 6.33 Å². The maximum atomic E-state index is 6.04. The molecule has 3 aromatic heterocycles. The van der Waals surface area contributed by atoms with Gasteiger partial charge >= 0.3 is 0 Å². The first-order valence-corrected chi connectivity index (χ1v) is 8.74. The van der Waals surface area contributed by atoms with Gasteiger partial charge in [-0.15, -0.1) is 0 Å². The highest BCUT2D eigenvalue weighted by Crippen LogP contribution is 2.39. The second kappa shape index (κ2) is 5.35. The Morgan fingerprint density at radius 2 is 1.59 bits per heavy atom. The molecule has 6 aromatic rings. The molecule has 0 fully saturated rings. The fraction of sp³-hybridized carbons (Fsp3) is 0. The van der Waals surface area contributed by atoms with E-state index in [0.29, 0.717) is 0 Å². The Labute approximate surface area is 154 Å². The lowest BCUT2D eigenvalue weighted by Gasteiger charge is -2.03. The molecule has 0 amide bonds. The molecule has 0 aliphatic rings. The van der Waals surface area contributed by atoms with Gasteiger partial charge in [-0.05, 0) is 24.3 Å². The van der Waals surface area contributed by atoms with Crippen LogP contribution in [0.15, 0.2) is 81.6 Å². The van der Waals surface area contributed by atoms with Crippen molar-refractivity contribution in [1.82, 2.24) is 9.97 Å². The van der Waals surface area contributed by atoms with E-state index < -0.39 is 0 Å². The monoisotopic (exact) mass is 349 g/mol. The number of benzene rings is 3. The van der Waals surface area contributed by atoms with Crippen LogP contribution in [0.4, 0.5) is 0 Å². The number of aromatic amines is 1. The minimum atomic E-state index is 0.741. The fourth-order valence-electron chi connectivity index (χ4n) is 3.71. The van der Waals surface area contributed by atoms with Gasteiger partial charge in [0.15, 0.2) is 12.1 Å². The van der Waals surface area contributed by atoms with Gasteiger partial charge in [0.1, 0.15) is 28.1 Å². The zero-order chi connectivity index (χ0) is 17.8. The van der Waals surface area contributed by atoms with Crippen LogP contribution >= 0.6 is 0 Å². The van der Waals surface area contributed by atoms with E-state index in [1.807, 2.05) is 60.7 Å². The molecule has 0 spiro atoms. The average Bonchev–Trinajstić information content (AvgIpc) is 3.42. The molecular weight excluding hydrogens is 336 g/mol. The van der Waals surface area contributed by atoms with Crippen molar-refractivity contribution >= 4 is 32.9 Å². The molecule has 1 radical (unpaired) electrons. The fourth-order valence-corrected chi connectivity index (χ4v) is 3.71. The summed E-state index contributed by atoms with van der Waals surface area (Å²) in [5, 5.41) is 3.17. The summed E-state index contributed by atoms with van der Waals surface area (Å²) in [6.07, 6.45) is 2.88. The van der Waals surface area contributed by atoms with Gasteiger partial charge in [0.05, 0.1) is 0 Å². The summed E-state index contributed by atoms with van der Waals surface area (Å²) in [5.74, 6) is 0.741. The molecule has 0 atom stereocenters. The summed E-state index contributed by atoms with van der Waals surface area (Å²) >= 11 is 0. The van der Waals surface area contributed by atoms with Gasteiger partial charge < -0.3 is 13.8 Å². The van der Waals surface area contributed by atoms with Crippen LogP contribution in [0.1, 0.15) is 0 Å². The Morgan fingerprint density at radius 1 is 0.778 bits per heavy atom. The average molecular weight is 349 g/mol. The molecule has 3 aromatic carbocycles. The van der Waals surface area contributed by atoms with Crippen LogP contribution in [0.25, 0.3) is 55.6 Å². The van der Waals surface area contributed by atoms with E-state index in [4.69, 9.17) is 8.83 Å². The number of furan rings is 2. The number of hydrogen-bond donors (Lipinski definition) is 1. The predicted molar refractivity (Wildman–Crippen MR) is 105 cm³/mol. The van der Waals surface area contributed by atoms with Crippen LogP contribution in [-0.2, 0) is 0 Å². The number of nitrogens with zero attached hydrogens (tertiary/aromatic N) is 1. The minimum Gasteiger partial charge on any atom is -0.456 e. The highest BCUT2D eigenvalue weighted by Gasteiger charge is 2.19. The van der Waals surface area contributed by atoms with Crippen molar-refractivity contribution in [2.45, 2.75) is 0 Å². The molecule has 4 nitrogen and oxygen atoms in total. The van der Waals surface area contributed by atoms with E-state index in [1.165, 1.54) is 0 Å². The normalized spacial score (nSPS) is 11.7. The van der Waals surface area contributed by atoms with Crippen molar-refractivity contribution in [1.29, 1.82) is 0 Å². The Hall–Kier alpha value is -3.79. The smallest absolute Gasteiger partial charge is 0.174 e. The summed E-state index contributed by atoms with van der Waals surface area (Å²) in [4.78, 5) is 7.61. The Balaban J connectivity index is 1.64. The maximum Gasteiger partial charge on any atom is 0.174 e. The summed E-state index contributed by atoms with van der Waals surface area (Å²) in [7, 11) is 0. The standard InChI is InChI=1S/C23H13N2O2/c1-3-9-17-14(6-1)12-20(26-17)23-22(24-13-25-23)16-8-5-11-19-21(16)15-7-2-4-10-18(15)27-19/h1-12H,(H,24,25). The molecule has 0 unspecified atom stereocenters. The SMILES string of the molecule is [c]1nc(-c2cccc3oc4ccccc4c23)c(-c2cc3ccccc3o2)[nH]1. The third-order valence-electron chi connectivity index (χ3n) is 4.91. The lowest BCUT2D eigenvalue weighted by atomic mass is 10.0. The molecule has 0 aliphatic heterocycles. The minimum absolute atomic E-state index is 0.741. The second-order valence-corrected chi connectivity index (χ2v) is 6.50. The number of rotatable bonds is 2. The lowest BCUT2D eigenvalue weighted by molar-refractivity contribution is 0.629. The van der Waals surface area contributed by atoms with Crippen molar-refractivity contribution in [3.05, 3.63) is 79.1 Å². The number of nitrogens with one attached hydrogen (secondary N) is 1. The van der Waals surface area contributed by atoms with E-state index >= 15 is 0 Å². The van der Waals surface area contributed by atoms with Crippen LogP contribution in [0.2, 0.25) is 0 Å². The Morgan fingerprint density at radius 3 is 2.52 bits per heavy atom. The third kappa shape index (κ3) is 2.07. The molecule has 0 saturated heterocycles. The zero-order valence-electron chi connectivity index (χ0n) is 14.2. The van der Waals surface area contributed by atoms with E-state index in [1.54, 1.807) is 0 Å². The van der Waals surface area contributed by atoms with Gasteiger partial charge in [0, 0.05) is 21.7 Å². The van der Waals surface area contributed by atoms with Gasteiger partial charge in [-0.2, -0.15) is 0 Å². The number of para-hydroxylation sites is 2. The highest BCUT2D eigenvalue weighted by atomic mass is 16.3. The number of imidazole rings is 1. The van der Waals surface area contributed by atoms with E-state index in [9.17, 15) is 0 Å². The number of H-pyrrole nitrogens is 1. The number of hydrogen-bond acceptors (Lipinski definition) is 3. The van der Waals surface area contributed by atoms with E-state index in [2.05, 4.69) is 28.4 Å². The number of fused-ring (bicyclic) bond motifs is 4. The maximum absolute atomic E-state index is 6.04. The highest BCUT2D eigenvalue weighted by molar-refractivity contribution is 6.12. The summed E-state index contributed by atoms with van der Waals surface area (Å²) < 4.78 is 12.1. The van der Waals surface area contributed by atoms with Crippen LogP contribution < -0.4 is 0 Å². The van der Waals surface area contributed by atoms with Crippen molar-refractivity contribution in [2.24, 2.45) is 0 Å². The molecule has 4 heteroatoms. The predicted octanol–water partition coefficient (Wildman–Crippen LogP) is 6.19. The van der Waals surface area contributed by atoms with Gasteiger partial charge in [-0.3, -0.25) is 0 Å². The quantitative estimate of drug-likeness (QED) is 0.405. The first kappa shape index (κ1) is 14.4. The first-order chi connectivity index (χ1) is 13.4. The Kier molecular flexibility index (Phi) is 2.85. The zero-order valence-corrected chi connectivity index (χ0v) is 14.2. The van der Waals surface area contributed by atoms with Crippen molar-refractivity contribution in [3.63, 3.8) is 0 Å². The van der Waals surface area contributed by atoms with E-state index in [0.717, 1.165) is 55.6 Å². The van der Waals surface area contributed by atoms with Crippen molar-refractivity contribution < 1.29 is 8.83 Å². The largest absolute Gasteiger partial charge is 0.456 e. The van der Waals surface area contributed by atoms with Crippen LogP contribution in [-0.4, -0.2) is 9.97 Å². The van der Waals surface area contributed by atoms with Crippen molar-refractivity contribution in [2.75, 3.05) is 0 Å². The number of aromatic nitrogens is 2. The summed E-state index contributed by atoms with van der Waals surface area (Å²) in [5.41, 5.74) is 5.15. The van der Waals surface area contributed by atoms with Crippen LogP contribution in [0.3, 0.4) is 0 Å². The van der Waals surface area contributed by atoms with Gasteiger partial charge in [-0.25, -0.2) is 4.98 Å². The molecule has 1 N–H and O–H groups in total. The summed E-state index contributed by atoms with van der Waals surface area (Å²) in [6, 6.07) is 24.1. The molecule has 27 heavy (non-hydrogen) atoms.